The first-order chi connectivity index (χ1) is 12.2. The SMILES string of the molecule is O=C(C1CCC1)N1CCN(Cc2ccc(-c3ccccc3F)s2)CC1. The van der Waals surface area contributed by atoms with Crippen LogP contribution in [-0.2, 0) is 11.3 Å². The summed E-state index contributed by atoms with van der Waals surface area (Å²) in [7, 11) is 0. The smallest absolute Gasteiger partial charge is 0.225 e. The highest BCUT2D eigenvalue weighted by Gasteiger charge is 2.31. The van der Waals surface area contributed by atoms with Crippen LogP contribution in [0.2, 0.25) is 0 Å². The van der Waals surface area contributed by atoms with Gasteiger partial charge in [0, 0.05) is 54.0 Å². The molecular formula is C20H23FN2OS. The van der Waals surface area contributed by atoms with Crippen LogP contribution in [-0.4, -0.2) is 41.9 Å². The number of hydrogen-bond acceptors (Lipinski definition) is 3. The minimum Gasteiger partial charge on any atom is -0.340 e. The highest BCUT2D eigenvalue weighted by Crippen LogP contribution is 2.31. The van der Waals surface area contributed by atoms with Gasteiger partial charge in [-0.05, 0) is 31.0 Å². The van der Waals surface area contributed by atoms with Gasteiger partial charge in [0.15, 0.2) is 0 Å². The van der Waals surface area contributed by atoms with Gasteiger partial charge in [0.1, 0.15) is 5.82 Å². The van der Waals surface area contributed by atoms with E-state index in [-0.39, 0.29) is 5.82 Å². The average molecular weight is 358 g/mol. The molecule has 0 radical (unpaired) electrons. The van der Waals surface area contributed by atoms with E-state index < -0.39 is 0 Å². The van der Waals surface area contributed by atoms with Crippen molar-refractivity contribution < 1.29 is 9.18 Å². The van der Waals surface area contributed by atoms with Crippen LogP contribution < -0.4 is 0 Å². The first-order valence-corrected chi connectivity index (χ1v) is 9.87. The quantitative estimate of drug-likeness (QED) is 0.825. The molecule has 2 aliphatic rings. The number of benzene rings is 1. The lowest BCUT2D eigenvalue weighted by Crippen LogP contribution is -2.50. The zero-order valence-corrected chi connectivity index (χ0v) is 15.1. The van der Waals surface area contributed by atoms with Crippen LogP contribution >= 0.6 is 11.3 Å². The number of thiophene rings is 1. The van der Waals surface area contributed by atoms with Crippen LogP contribution in [0.3, 0.4) is 0 Å². The molecule has 1 saturated carbocycles. The van der Waals surface area contributed by atoms with Crippen molar-refractivity contribution in [2.45, 2.75) is 25.8 Å². The summed E-state index contributed by atoms with van der Waals surface area (Å²) >= 11 is 1.66. The summed E-state index contributed by atoms with van der Waals surface area (Å²) in [5, 5.41) is 0. The summed E-state index contributed by atoms with van der Waals surface area (Å²) in [6.45, 7) is 4.39. The minimum atomic E-state index is -0.168. The number of carbonyl (C=O) groups is 1. The van der Waals surface area contributed by atoms with Gasteiger partial charge in [-0.1, -0.05) is 24.6 Å². The van der Waals surface area contributed by atoms with Crippen LogP contribution in [0.4, 0.5) is 4.39 Å². The van der Waals surface area contributed by atoms with Crippen molar-refractivity contribution in [2.24, 2.45) is 5.92 Å². The molecule has 4 rings (SSSR count). The molecular weight excluding hydrogens is 335 g/mol. The zero-order chi connectivity index (χ0) is 17.2. The van der Waals surface area contributed by atoms with Gasteiger partial charge in [0.2, 0.25) is 5.91 Å². The summed E-state index contributed by atoms with van der Waals surface area (Å²) in [5.41, 5.74) is 0.676. The lowest BCUT2D eigenvalue weighted by Gasteiger charge is -2.38. The highest BCUT2D eigenvalue weighted by molar-refractivity contribution is 7.15. The molecule has 0 N–H and O–H groups in total. The molecule has 1 aliphatic heterocycles. The van der Waals surface area contributed by atoms with Crippen LogP contribution in [0.1, 0.15) is 24.1 Å². The lowest BCUT2D eigenvalue weighted by atomic mass is 9.84. The van der Waals surface area contributed by atoms with Crippen LogP contribution in [0.25, 0.3) is 10.4 Å². The number of nitrogens with zero attached hydrogens (tertiary/aromatic N) is 2. The number of hydrogen-bond donors (Lipinski definition) is 0. The molecule has 1 amide bonds. The van der Waals surface area contributed by atoms with E-state index >= 15 is 0 Å². The van der Waals surface area contributed by atoms with Gasteiger partial charge in [-0.2, -0.15) is 0 Å². The molecule has 0 unspecified atom stereocenters. The van der Waals surface area contributed by atoms with Gasteiger partial charge in [0.25, 0.3) is 0 Å². The topological polar surface area (TPSA) is 23.6 Å². The van der Waals surface area contributed by atoms with Gasteiger partial charge < -0.3 is 4.90 Å². The van der Waals surface area contributed by atoms with Crippen molar-refractivity contribution >= 4 is 17.2 Å². The predicted molar refractivity (Wildman–Crippen MR) is 98.9 cm³/mol. The monoisotopic (exact) mass is 358 g/mol. The second kappa shape index (κ2) is 7.26. The van der Waals surface area contributed by atoms with E-state index in [9.17, 15) is 9.18 Å². The van der Waals surface area contributed by atoms with Gasteiger partial charge in [-0.3, -0.25) is 9.69 Å². The molecule has 1 aromatic heterocycles. The minimum absolute atomic E-state index is 0.168. The van der Waals surface area contributed by atoms with Gasteiger partial charge in [0.05, 0.1) is 0 Å². The first-order valence-electron chi connectivity index (χ1n) is 9.05. The molecule has 3 nitrogen and oxygen atoms in total. The van der Waals surface area contributed by atoms with E-state index in [0.29, 0.717) is 17.4 Å². The normalized spacial score (nSPS) is 19.0. The van der Waals surface area contributed by atoms with E-state index in [4.69, 9.17) is 0 Å². The molecule has 1 saturated heterocycles. The number of halogens is 1. The number of amides is 1. The molecule has 25 heavy (non-hydrogen) atoms. The summed E-state index contributed by atoms with van der Waals surface area (Å²) in [6.07, 6.45) is 3.36. The Kier molecular flexibility index (Phi) is 4.86. The highest BCUT2D eigenvalue weighted by atomic mass is 32.1. The maximum absolute atomic E-state index is 13.9. The fourth-order valence-corrected chi connectivity index (χ4v) is 4.61. The van der Waals surface area contributed by atoms with Gasteiger partial charge >= 0.3 is 0 Å². The van der Waals surface area contributed by atoms with Crippen LogP contribution in [0.15, 0.2) is 36.4 Å². The Hall–Kier alpha value is -1.72. The molecule has 132 valence electrons. The van der Waals surface area contributed by atoms with E-state index in [0.717, 1.165) is 50.4 Å². The van der Waals surface area contributed by atoms with E-state index in [1.807, 2.05) is 23.1 Å². The Morgan fingerprint density at radius 3 is 2.52 bits per heavy atom. The third kappa shape index (κ3) is 3.62. The molecule has 5 heteroatoms. The second-order valence-corrected chi connectivity index (χ2v) is 8.14. The Labute approximate surface area is 152 Å². The van der Waals surface area contributed by atoms with E-state index in [1.54, 1.807) is 17.4 Å². The molecule has 1 aromatic carbocycles. The molecule has 0 atom stereocenters. The lowest BCUT2D eigenvalue weighted by molar-refractivity contribution is -0.140. The molecule has 0 bridgehead atoms. The van der Waals surface area contributed by atoms with Gasteiger partial charge in [-0.15, -0.1) is 11.3 Å². The van der Waals surface area contributed by atoms with Crippen molar-refractivity contribution in [2.75, 3.05) is 26.2 Å². The van der Waals surface area contributed by atoms with Crippen molar-refractivity contribution in [3.63, 3.8) is 0 Å². The average Bonchev–Trinajstić information content (AvgIpc) is 3.02. The maximum atomic E-state index is 13.9. The third-order valence-electron chi connectivity index (χ3n) is 5.32. The Morgan fingerprint density at radius 2 is 1.84 bits per heavy atom. The van der Waals surface area contributed by atoms with E-state index in [1.165, 1.54) is 17.4 Å². The fraction of sp³-hybridized carbons (Fsp3) is 0.450. The summed E-state index contributed by atoms with van der Waals surface area (Å²) in [4.78, 5) is 19.0. The number of carbonyl (C=O) groups excluding carboxylic acids is 1. The molecule has 1 aliphatic carbocycles. The fourth-order valence-electron chi connectivity index (χ4n) is 3.53. The molecule has 0 spiro atoms. The first kappa shape index (κ1) is 16.7. The number of piperazine rings is 1. The zero-order valence-electron chi connectivity index (χ0n) is 14.3. The largest absolute Gasteiger partial charge is 0.340 e. The van der Waals surface area contributed by atoms with Crippen molar-refractivity contribution in [3.8, 4) is 10.4 Å². The standard InChI is InChI=1S/C20H23FN2OS/c21-18-7-2-1-6-17(18)19-9-8-16(25-19)14-22-10-12-23(13-11-22)20(24)15-4-3-5-15/h1-2,6-9,15H,3-5,10-14H2. The second-order valence-electron chi connectivity index (χ2n) is 6.98. The summed E-state index contributed by atoms with van der Waals surface area (Å²) < 4.78 is 13.9. The summed E-state index contributed by atoms with van der Waals surface area (Å²) in [5.74, 6) is 0.495. The van der Waals surface area contributed by atoms with Gasteiger partial charge in [-0.25, -0.2) is 4.39 Å². The van der Waals surface area contributed by atoms with Crippen molar-refractivity contribution in [1.29, 1.82) is 0 Å². The van der Waals surface area contributed by atoms with E-state index in [2.05, 4.69) is 11.0 Å². The Balaban J connectivity index is 1.33. The van der Waals surface area contributed by atoms with Crippen molar-refractivity contribution in [3.05, 3.63) is 47.1 Å². The van der Waals surface area contributed by atoms with Crippen molar-refractivity contribution in [1.82, 2.24) is 9.80 Å². The predicted octanol–water partition coefficient (Wildman–Crippen LogP) is 4.00. The third-order valence-corrected chi connectivity index (χ3v) is 6.42. The molecule has 2 fully saturated rings. The molecule has 2 heterocycles. The Bertz CT molecular complexity index is 748. The summed E-state index contributed by atoms with van der Waals surface area (Å²) in [6, 6.07) is 11.0. The Morgan fingerprint density at radius 1 is 1.08 bits per heavy atom. The van der Waals surface area contributed by atoms with Crippen LogP contribution in [0.5, 0.6) is 0 Å². The number of rotatable bonds is 4. The van der Waals surface area contributed by atoms with Crippen LogP contribution in [0, 0.1) is 11.7 Å². The maximum Gasteiger partial charge on any atom is 0.225 e. The molecule has 2 aromatic rings.